The summed E-state index contributed by atoms with van der Waals surface area (Å²) in [4.78, 5) is 11.8. The van der Waals surface area contributed by atoms with Crippen molar-refractivity contribution in [1.82, 2.24) is 10.6 Å². The second-order valence-electron chi connectivity index (χ2n) is 5.93. The average Bonchev–Trinajstić information content (AvgIpc) is 3.07. The van der Waals surface area contributed by atoms with Crippen LogP contribution < -0.4 is 15.4 Å². The maximum atomic E-state index is 11.8. The summed E-state index contributed by atoms with van der Waals surface area (Å²) in [7, 11) is 0. The SMILES string of the molecule is Cc1cccc(C)c1OCCNC(=O)NCC(C)(O)c1ccco1. The van der Waals surface area contributed by atoms with Crippen LogP contribution in [0.3, 0.4) is 0 Å². The number of ether oxygens (including phenoxy) is 1. The lowest BCUT2D eigenvalue weighted by Gasteiger charge is -2.21. The van der Waals surface area contributed by atoms with Crippen LogP contribution in [0, 0.1) is 13.8 Å². The fourth-order valence-electron chi connectivity index (χ4n) is 2.33. The summed E-state index contributed by atoms with van der Waals surface area (Å²) in [5.41, 5.74) is 0.873. The molecule has 6 nitrogen and oxygen atoms in total. The van der Waals surface area contributed by atoms with Gasteiger partial charge in [0.25, 0.3) is 0 Å². The van der Waals surface area contributed by atoms with Crippen LogP contribution in [0.2, 0.25) is 0 Å². The molecule has 0 aliphatic heterocycles. The zero-order chi connectivity index (χ0) is 17.6. The Morgan fingerprint density at radius 2 is 1.92 bits per heavy atom. The first kappa shape index (κ1) is 17.9. The summed E-state index contributed by atoms with van der Waals surface area (Å²) in [6.45, 7) is 6.33. The third kappa shape index (κ3) is 4.76. The molecule has 0 radical (unpaired) electrons. The van der Waals surface area contributed by atoms with Gasteiger partial charge in [-0.1, -0.05) is 18.2 Å². The Hall–Kier alpha value is -2.47. The number of urea groups is 1. The van der Waals surface area contributed by atoms with E-state index in [-0.39, 0.29) is 12.6 Å². The van der Waals surface area contributed by atoms with Crippen LogP contribution in [-0.2, 0) is 5.60 Å². The van der Waals surface area contributed by atoms with E-state index in [1.54, 1.807) is 19.1 Å². The van der Waals surface area contributed by atoms with Gasteiger partial charge in [0.15, 0.2) is 0 Å². The highest BCUT2D eigenvalue weighted by molar-refractivity contribution is 5.73. The molecule has 0 aliphatic carbocycles. The predicted octanol–water partition coefficient (Wildman–Crippen LogP) is 2.48. The van der Waals surface area contributed by atoms with Gasteiger partial charge in [-0.3, -0.25) is 0 Å². The Morgan fingerprint density at radius 1 is 1.21 bits per heavy atom. The van der Waals surface area contributed by atoms with Crippen molar-refractivity contribution in [1.29, 1.82) is 0 Å². The predicted molar refractivity (Wildman–Crippen MR) is 91.1 cm³/mol. The molecule has 0 spiro atoms. The number of carbonyl (C=O) groups is 1. The van der Waals surface area contributed by atoms with E-state index in [0.717, 1.165) is 16.9 Å². The second kappa shape index (κ2) is 7.88. The van der Waals surface area contributed by atoms with Crippen molar-refractivity contribution in [3.8, 4) is 5.75 Å². The number of rotatable bonds is 7. The Bertz CT molecular complexity index is 645. The molecule has 1 heterocycles. The standard InChI is InChI=1S/C18H24N2O4/c1-13-6-4-7-14(2)16(13)24-11-9-19-17(21)20-12-18(3,22)15-8-5-10-23-15/h4-8,10,22H,9,11-12H2,1-3H3,(H2,19,20,21). The molecule has 1 unspecified atom stereocenters. The van der Waals surface area contributed by atoms with Crippen LogP contribution in [0.25, 0.3) is 0 Å². The van der Waals surface area contributed by atoms with Gasteiger partial charge in [-0.15, -0.1) is 0 Å². The van der Waals surface area contributed by atoms with Gasteiger partial charge in [0.05, 0.1) is 19.4 Å². The molecule has 0 aliphatic rings. The molecule has 0 saturated heterocycles. The lowest BCUT2D eigenvalue weighted by atomic mass is 10.0. The van der Waals surface area contributed by atoms with Gasteiger partial charge in [0.1, 0.15) is 23.7 Å². The van der Waals surface area contributed by atoms with Gasteiger partial charge in [-0.2, -0.15) is 0 Å². The van der Waals surface area contributed by atoms with E-state index >= 15 is 0 Å². The molecule has 3 N–H and O–H groups in total. The van der Waals surface area contributed by atoms with Crippen LogP contribution in [0.15, 0.2) is 41.0 Å². The number of aliphatic hydroxyl groups is 1. The number of hydrogen-bond acceptors (Lipinski definition) is 4. The normalized spacial score (nSPS) is 13.2. The molecule has 6 heteroatoms. The zero-order valence-corrected chi connectivity index (χ0v) is 14.3. The molecular formula is C18H24N2O4. The fourth-order valence-corrected chi connectivity index (χ4v) is 2.33. The lowest BCUT2D eigenvalue weighted by molar-refractivity contribution is 0.0367. The topological polar surface area (TPSA) is 83.7 Å². The number of nitrogens with one attached hydrogen (secondary N) is 2. The number of benzene rings is 1. The Kier molecular flexibility index (Phi) is 5.87. The average molecular weight is 332 g/mol. The summed E-state index contributed by atoms with van der Waals surface area (Å²) >= 11 is 0. The molecule has 0 bridgehead atoms. The van der Waals surface area contributed by atoms with Gasteiger partial charge in [0, 0.05) is 0 Å². The largest absolute Gasteiger partial charge is 0.491 e. The van der Waals surface area contributed by atoms with E-state index in [1.807, 2.05) is 32.0 Å². The van der Waals surface area contributed by atoms with E-state index < -0.39 is 5.60 Å². The maximum Gasteiger partial charge on any atom is 0.315 e. The molecule has 2 rings (SSSR count). The molecular weight excluding hydrogens is 308 g/mol. The van der Waals surface area contributed by atoms with E-state index in [2.05, 4.69) is 10.6 Å². The molecule has 1 aromatic heterocycles. The van der Waals surface area contributed by atoms with E-state index in [9.17, 15) is 9.90 Å². The van der Waals surface area contributed by atoms with Crippen LogP contribution >= 0.6 is 0 Å². The summed E-state index contributed by atoms with van der Waals surface area (Å²) in [6.07, 6.45) is 1.48. The van der Waals surface area contributed by atoms with Gasteiger partial charge >= 0.3 is 6.03 Å². The second-order valence-corrected chi connectivity index (χ2v) is 5.93. The highest BCUT2D eigenvalue weighted by Crippen LogP contribution is 2.22. The van der Waals surface area contributed by atoms with Crippen LogP contribution in [0.5, 0.6) is 5.75 Å². The summed E-state index contributed by atoms with van der Waals surface area (Å²) in [5, 5.41) is 15.6. The van der Waals surface area contributed by atoms with Crippen molar-refractivity contribution in [2.75, 3.05) is 19.7 Å². The third-order valence-corrected chi connectivity index (χ3v) is 3.69. The van der Waals surface area contributed by atoms with Gasteiger partial charge in [-0.25, -0.2) is 4.79 Å². The first-order valence-electron chi connectivity index (χ1n) is 7.87. The van der Waals surface area contributed by atoms with E-state index in [0.29, 0.717) is 18.9 Å². The Labute approximate surface area is 141 Å². The molecule has 2 aromatic rings. The summed E-state index contributed by atoms with van der Waals surface area (Å²) < 4.78 is 10.9. The van der Waals surface area contributed by atoms with Gasteiger partial charge < -0.3 is 24.9 Å². The highest BCUT2D eigenvalue weighted by Gasteiger charge is 2.26. The van der Waals surface area contributed by atoms with Crippen molar-refractivity contribution in [2.24, 2.45) is 0 Å². The van der Waals surface area contributed by atoms with Crippen LogP contribution in [-0.4, -0.2) is 30.8 Å². The summed E-state index contributed by atoms with van der Waals surface area (Å²) in [5.74, 6) is 1.25. The number of hydrogen-bond donors (Lipinski definition) is 3. The number of aryl methyl sites for hydroxylation is 2. The molecule has 0 fully saturated rings. The third-order valence-electron chi connectivity index (χ3n) is 3.69. The van der Waals surface area contributed by atoms with Crippen molar-refractivity contribution in [3.63, 3.8) is 0 Å². The molecule has 1 atom stereocenters. The van der Waals surface area contributed by atoms with Gasteiger partial charge in [-0.05, 0) is 44.0 Å². The number of carbonyl (C=O) groups excluding carboxylic acids is 1. The van der Waals surface area contributed by atoms with Crippen molar-refractivity contribution >= 4 is 6.03 Å². The molecule has 130 valence electrons. The molecule has 1 aromatic carbocycles. The van der Waals surface area contributed by atoms with Crippen LogP contribution in [0.4, 0.5) is 4.79 Å². The van der Waals surface area contributed by atoms with Crippen molar-refractivity contribution in [3.05, 3.63) is 53.5 Å². The van der Waals surface area contributed by atoms with Crippen molar-refractivity contribution in [2.45, 2.75) is 26.4 Å². The number of furan rings is 1. The first-order valence-corrected chi connectivity index (χ1v) is 7.87. The minimum atomic E-state index is -1.25. The smallest absolute Gasteiger partial charge is 0.315 e. The molecule has 24 heavy (non-hydrogen) atoms. The monoisotopic (exact) mass is 332 g/mol. The quantitative estimate of drug-likeness (QED) is 0.680. The molecule has 2 amide bonds. The highest BCUT2D eigenvalue weighted by atomic mass is 16.5. The Morgan fingerprint density at radius 3 is 2.54 bits per heavy atom. The number of para-hydroxylation sites is 1. The first-order chi connectivity index (χ1) is 11.4. The van der Waals surface area contributed by atoms with Gasteiger partial charge in [0.2, 0.25) is 0 Å². The van der Waals surface area contributed by atoms with E-state index in [4.69, 9.17) is 9.15 Å². The van der Waals surface area contributed by atoms with Crippen molar-refractivity contribution < 1.29 is 19.1 Å². The summed E-state index contributed by atoms with van der Waals surface area (Å²) in [6, 6.07) is 8.94. The zero-order valence-electron chi connectivity index (χ0n) is 14.3. The van der Waals surface area contributed by atoms with E-state index in [1.165, 1.54) is 6.26 Å². The lowest BCUT2D eigenvalue weighted by Crippen LogP contribution is -2.44. The molecule has 0 saturated carbocycles. The minimum absolute atomic E-state index is 0.0457. The number of amides is 2. The fraction of sp³-hybridized carbons (Fsp3) is 0.389. The minimum Gasteiger partial charge on any atom is -0.491 e. The van der Waals surface area contributed by atoms with Crippen LogP contribution in [0.1, 0.15) is 23.8 Å². The Balaban J connectivity index is 1.70. The maximum absolute atomic E-state index is 11.8.